The van der Waals surface area contributed by atoms with Crippen molar-refractivity contribution in [2.45, 2.75) is 132 Å². The Balaban J connectivity index is 0.000000168. The van der Waals surface area contributed by atoms with E-state index in [1.165, 1.54) is 162 Å². The minimum Gasteiger partial charge on any atom is -0.201 e. The Bertz CT molecular complexity index is 3890. The predicted molar refractivity (Wildman–Crippen MR) is 355 cm³/mol. The minimum atomic E-state index is 1.28. The number of aryl methyl sites for hydroxylation is 22. The Kier molecular flexibility index (Phi) is 22.0. The molecule has 0 amide bonds. The fourth-order valence-electron chi connectivity index (χ4n) is 11.6. The molecule has 5 heterocycles. The molecule has 434 valence electrons. The van der Waals surface area contributed by atoms with Crippen molar-refractivity contribution in [1.82, 2.24) is 0 Å². The molecule has 10 rings (SSSR count). The molecule has 0 saturated heterocycles. The van der Waals surface area contributed by atoms with Gasteiger partial charge < -0.3 is 0 Å². The first kappa shape index (κ1) is 65.0. The van der Waals surface area contributed by atoms with Crippen molar-refractivity contribution in [3.63, 3.8) is 0 Å². The number of aromatic nitrogens is 5. The quantitative estimate of drug-likeness (QED) is 0.153. The molecular formula is C79H98N5+5. The summed E-state index contributed by atoms with van der Waals surface area (Å²) >= 11 is 0. The summed E-state index contributed by atoms with van der Waals surface area (Å²) in [4.78, 5) is 0. The molecule has 5 nitrogen and oxygen atoms in total. The minimum absolute atomic E-state index is 1.28. The van der Waals surface area contributed by atoms with E-state index < -0.39 is 0 Å². The van der Waals surface area contributed by atoms with Crippen molar-refractivity contribution < 1.29 is 22.8 Å². The molecular weight excluding hydrogens is 1020 g/mol. The standard InChI is InChI=1S/C17H22N.2C16H20N.2C15H18N/c1-11-7-13(3)15(5)16(9-11)17-14(4)8-12(2)10-18(17)6;1-11-6-7-15(13(3)8-11)16-14(4)9-12(2)10-17(16)5;1-11-7-6-8-15(14(11)4)16-9-12(2)13(3)10-17(16)5;1-11-5-6-13(3)14(9-11)15-10-12(2)7-8-16(15)4;1-11-8-9-16(4)14(10-11)15-12(2)6-5-7-13(15)3/h7-10H,1-6H3;2*6-10H,1-5H3;2*5-10H,1-4H3/q5*+1. The van der Waals surface area contributed by atoms with E-state index in [-0.39, 0.29) is 0 Å². The molecule has 10 aromatic rings. The van der Waals surface area contributed by atoms with E-state index in [4.69, 9.17) is 0 Å². The van der Waals surface area contributed by atoms with Gasteiger partial charge in [-0.1, -0.05) is 77.4 Å². The fraction of sp³-hybridized carbons (Fsp3) is 0.304. The van der Waals surface area contributed by atoms with Crippen LogP contribution in [0.3, 0.4) is 0 Å². The SMILES string of the molecule is Cc1cc(-c2cccc(C)c2C)[n+](C)cc1C.Cc1cc(C)c(C)c(-c2c(C)cc(C)c[n+]2C)c1.Cc1cc[n+](C)c(-c2c(C)cccc2C)c1.Cc1ccc(-c2c(C)cc(C)c[n+]2C)c(C)c1.Cc1ccc(C)c(-c2cc(C)cc[n+]2C)c1. The van der Waals surface area contributed by atoms with Crippen molar-refractivity contribution in [3.05, 3.63) is 264 Å². The first-order valence-corrected chi connectivity index (χ1v) is 29.8. The summed E-state index contributed by atoms with van der Waals surface area (Å²) in [5, 5.41) is 0. The van der Waals surface area contributed by atoms with Gasteiger partial charge in [-0.2, -0.15) is 0 Å². The zero-order valence-electron chi connectivity index (χ0n) is 55.7. The lowest BCUT2D eigenvalue weighted by molar-refractivity contribution is -0.661. The van der Waals surface area contributed by atoms with E-state index in [2.05, 4.69) is 348 Å². The number of hydrogen-bond donors (Lipinski definition) is 0. The molecule has 5 heteroatoms. The molecule has 0 N–H and O–H groups in total. The molecule has 0 spiro atoms. The summed E-state index contributed by atoms with van der Waals surface area (Å²) in [6, 6.07) is 46.3. The fourth-order valence-corrected chi connectivity index (χ4v) is 11.6. The molecule has 5 aromatic carbocycles. The van der Waals surface area contributed by atoms with E-state index in [9.17, 15) is 0 Å². The van der Waals surface area contributed by atoms with Crippen LogP contribution in [0.1, 0.15) is 106 Å². The third-order valence-electron chi connectivity index (χ3n) is 16.5. The first-order chi connectivity index (χ1) is 39.6. The van der Waals surface area contributed by atoms with Gasteiger partial charge in [-0.25, -0.2) is 22.8 Å². The maximum atomic E-state index is 2.29. The van der Waals surface area contributed by atoms with Crippen LogP contribution in [0.4, 0.5) is 0 Å². The lowest BCUT2D eigenvalue weighted by Crippen LogP contribution is -2.32. The maximum absolute atomic E-state index is 2.29. The van der Waals surface area contributed by atoms with Crippen molar-refractivity contribution in [2.75, 3.05) is 0 Å². The number of rotatable bonds is 5. The smallest absolute Gasteiger partial charge is 0.201 e. The van der Waals surface area contributed by atoms with Gasteiger partial charge in [0.1, 0.15) is 35.2 Å². The van der Waals surface area contributed by atoms with Crippen LogP contribution in [0.2, 0.25) is 0 Å². The zero-order valence-corrected chi connectivity index (χ0v) is 55.7. The van der Waals surface area contributed by atoms with E-state index in [1.807, 2.05) is 0 Å². The third kappa shape index (κ3) is 16.1. The van der Waals surface area contributed by atoms with Crippen LogP contribution in [0, 0.1) is 132 Å². The van der Waals surface area contributed by atoms with Crippen LogP contribution in [0.15, 0.2) is 158 Å². The van der Waals surface area contributed by atoms with E-state index >= 15 is 0 Å². The van der Waals surface area contributed by atoms with Crippen molar-refractivity contribution in [1.29, 1.82) is 0 Å². The number of benzene rings is 5. The van der Waals surface area contributed by atoms with Crippen molar-refractivity contribution >= 4 is 0 Å². The molecule has 0 atom stereocenters. The van der Waals surface area contributed by atoms with Crippen LogP contribution in [0.5, 0.6) is 0 Å². The number of hydrogen-bond acceptors (Lipinski definition) is 0. The van der Waals surface area contributed by atoms with Crippen molar-refractivity contribution in [2.24, 2.45) is 35.2 Å². The molecule has 0 aliphatic rings. The predicted octanol–water partition coefficient (Wildman–Crippen LogP) is 16.8. The Morgan fingerprint density at radius 2 is 0.667 bits per heavy atom. The molecule has 0 aliphatic carbocycles. The molecule has 0 saturated carbocycles. The number of nitrogens with zero attached hydrogens (tertiary/aromatic N) is 5. The van der Waals surface area contributed by atoms with Gasteiger partial charge >= 0.3 is 0 Å². The zero-order chi connectivity index (χ0) is 62.0. The first-order valence-electron chi connectivity index (χ1n) is 29.8. The molecule has 0 fully saturated rings. The van der Waals surface area contributed by atoms with Crippen LogP contribution in [-0.2, 0) is 35.2 Å². The van der Waals surface area contributed by atoms with Crippen LogP contribution in [0.25, 0.3) is 56.3 Å². The normalized spacial score (nSPS) is 10.6. The van der Waals surface area contributed by atoms with Gasteiger partial charge in [-0.15, -0.1) is 0 Å². The highest BCUT2D eigenvalue weighted by Crippen LogP contribution is 2.30. The molecule has 0 bridgehead atoms. The van der Waals surface area contributed by atoms with E-state index in [0.717, 1.165) is 0 Å². The molecule has 5 aromatic heterocycles. The summed E-state index contributed by atoms with van der Waals surface area (Å²) in [6.07, 6.45) is 10.8. The lowest BCUT2D eigenvalue weighted by Gasteiger charge is -2.11. The monoisotopic (exact) mass is 1120 g/mol. The highest BCUT2D eigenvalue weighted by Gasteiger charge is 2.20. The topological polar surface area (TPSA) is 19.4 Å². The largest absolute Gasteiger partial charge is 0.215 e. The van der Waals surface area contributed by atoms with E-state index in [0.29, 0.717) is 0 Å². The summed E-state index contributed by atoms with van der Waals surface area (Å²) in [7, 11) is 10.6. The van der Waals surface area contributed by atoms with Gasteiger partial charge in [0.05, 0.1) is 5.56 Å². The second kappa shape index (κ2) is 28.4. The Morgan fingerprint density at radius 3 is 1.24 bits per heavy atom. The van der Waals surface area contributed by atoms with Crippen LogP contribution in [-0.4, -0.2) is 0 Å². The van der Waals surface area contributed by atoms with Gasteiger partial charge in [0, 0.05) is 80.4 Å². The maximum Gasteiger partial charge on any atom is 0.215 e. The second-order valence-electron chi connectivity index (χ2n) is 24.3. The highest BCUT2D eigenvalue weighted by molar-refractivity contribution is 5.69. The van der Waals surface area contributed by atoms with Crippen LogP contribution < -0.4 is 22.8 Å². The molecule has 0 aliphatic heterocycles. The lowest BCUT2D eigenvalue weighted by atomic mass is 9.95. The molecule has 0 unspecified atom stereocenters. The third-order valence-corrected chi connectivity index (χ3v) is 16.5. The van der Waals surface area contributed by atoms with Gasteiger partial charge in [0.2, 0.25) is 28.5 Å². The van der Waals surface area contributed by atoms with Crippen LogP contribution >= 0.6 is 0 Å². The summed E-state index contributed by atoms with van der Waals surface area (Å²) < 4.78 is 11.0. The summed E-state index contributed by atoms with van der Waals surface area (Å²) in [5.74, 6) is 0. The van der Waals surface area contributed by atoms with Gasteiger partial charge in [0.25, 0.3) is 0 Å². The van der Waals surface area contributed by atoms with Crippen molar-refractivity contribution in [3.8, 4) is 56.3 Å². The summed E-state index contributed by atoms with van der Waals surface area (Å²) in [6.45, 7) is 41.1. The Hall–Kier alpha value is -8.15. The average molecular weight is 1120 g/mol. The summed E-state index contributed by atoms with van der Waals surface area (Å²) in [5.41, 5.74) is 38.5. The second-order valence-corrected chi connectivity index (χ2v) is 24.3. The van der Waals surface area contributed by atoms with E-state index in [1.54, 1.807) is 0 Å². The Morgan fingerprint density at radius 1 is 0.226 bits per heavy atom. The van der Waals surface area contributed by atoms with Gasteiger partial charge in [0.15, 0.2) is 31.0 Å². The molecule has 0 radical (unpaired) electrons. The van der Waals surface area contributed by atoms with Gasteiger partial charge in [-0.3, -0.25) is 0 Å². The number of pyridine rings is 5. The Labute approximate surface area is 507 Å². The van der Waals surface area contributed by atoms with Gasteiger partial charge in [-0.05, 0) is 229 Å². The average Bonchev–Trinajstić information content (AvgIpc) is 2.58. The molecule has 84 heavy (non-hydrogen) atoms. The highest BCUT2D eigenvalue weighted by atomic mass is 14.9.